The highest BCUT2D eigenvalue weighted by Gasteiger charge is 2.00. The molecule has 0 spiro atoms. The number of ether oxygens (including phenoxy) is 1. The van der Waals surface area contributed by atoms with Crippen molar-refractivity contribution in [3.8, 4) is 0 Å². The summed E-state index contributed by atoms with van der Waals surface area (Å²) in [5, 5.41) is 2.78. The van der Waals surface area contributed by atoms with Crippen LogP contribution in [0.1, 0.15) is 34.1 Å². The first-order valence-electron chi connectivity index (χ1n) is 6.03. The van der Waals surface area contributed by atoms with Gasteiger partial charge in [0.1, 0.15) is 6.61 Å². The fourth-order valence-electron chi connectivity index (χ4n) is 1.05. The van der Waals surface area contributed by atoms with Crippen molar-refractivity contribution in [1.29, 1.82) is 0 Å². The van der Waals surface area contributed by atoms with Crippen LogP contribution in [0.15, 0.2) is 12.2 Å². The number of amides is 1. The zero-order valence-electron chi connectivity index (χ0n) is 11.0. The van der Waals surface area contributed by atoms with E-state index in [1.807, 2.05) is 6.08 Å². The predicted molar refractivity (Wildman–Crippen MR) is 67.3 cm³/mol. The predicted octanol–water partition coefficient (Wildman–Crippen LogP) is 2.38. The Morgan fingerprint density at radius 2 is 2.00 bits per heavy atom. The van der Waals surface area contributed by atoms with E-state index in [0.29, 0.717) is 25.0 Å². The van der Waals surface area contributed by atoms with Crippen molar-refractivity contribution in [2.45, 2.75) is 34.1 Å². The van der Waals surface area contributed by atoms with Gasteiger partial charge in [-0.2, -0.15) is 0 Å². The average molecular weight is 227 g/mol. The molecule has 1 amide bonds. The first-order valence-corrected chi connectivity index (χ1v) is 6.03. The van der Waals surface area contributed by atoms with E-state index < -0.39 is 0 Å². The number of rotatable bonds is 8. The molecule has 0 fully saturated rings. The van der Waals surface area contributed by atoms with Gasteiger partial charge >= 0.3 is 0 Å². The van der Waals surface area contributed by atoms with Crippen molar-refractivity contribution in [3.63, 3.8) is 0 Å². The molecule has 0 saturated heterocycles. The molecule has 3 nitrogen and oxygen atoms in total. The van der Waals surface area contributed by atoms with E-state index >= 15 is 0 Å². The Morgan fingerprint density at radius 3 is 2.56 bits per heavy atom. The van der Waals surface area contributed by atoms with Crippen molar-refractivity contribution in [2.75, 3.05) is 19.8 Å². The number of carbonyl (C=O) groups is 1. The monoisotopic (exact) mass is 227 g/mol. The van der Waals surface area contributed by atoms with Crippen LogP contribution in [0.25, 0.3) is 0 Å². The van der Waals surface area contributed by atoms with Gasteiger partial charge < -0.3 is 10.1 Å². The fraction of sp³-hybridized carbons (Fsp3) is 0.769. The maximum atomic E-state index is 11.3. The molecule has 0 aliphatic heterocycles. The highest BCUT2D eigenvalue weighted by molar-refractivity contribution is 5.77. The van der Waals surface area contributed by atoms with Gasteiger partial charge in [0.25, 0.3) is 0 Å². The lowest BCUT2D eigenvalue weighted by Gasteiger charge is -2.06. The van der Waals surface area contributed by atoms with Crippen molar-refractivity contribution in [2.24, 2.45) is 11.8 Å². The minimum absolute atomic E-state index is 0.0443. The zero-order valence-corrected chi connectivity index (χ0v) is 11.0. The lowest BCUT2D eigenvalue weighted by molar-refractivity contribution is -0.125. The molecular weight excluding hydrogens is 202 g/mol. The molecule has 94 valence electrons. The lowest BCUT2D eigenvalue weighted by atomic mass is 10.1. The highest BCUT2D eigenvalue weighted by Crippen LogP contribution is 1.98. The lowest BCUT2D eigenvalue weighted by Crippen LogP contribution is -2.28. The molecule has 0 aromatic carbocycles. The molecule has 0 unspecified atom stereocenters. The van der Waals surface area contributed by atoms with Crippen LogP contribution in [0.4, 0.5) is 0 Å². The van der Waals surface area contributed by atoms with Crippen molar-refractivity contribution < 1.29 is 9.53 Å². The van der Waals surface area contributed by atoms with Crippen molar-refractivity contribution in [3.05, 3.63) is 12.2 Å². The van der Waals surface area contributed by atoms with E-state index in [0.717, 1.165) is 6.42 Å². The second kappa shape index (κ2) is 9.40. The number of carbonyl (C=O) groups excluding carboxylic acids is 1. The van der Waals surface area contributed by atoms with Gasteiger partial charge in [0, 0.05) is 13.2 Å². The summed E-state index contributed by atoms with van der Waals surface area (Å²) >= 11 is 0. The molecule has 0 heterocycles. The standard InChI is InChI=1S/C13H25NO2/c1-11(2)6-5-8-14-13(15)10-16-9-7-12(3)4/h5-6,11-12H,7-10H2,1-4H3,(H,14,15)/b6-5+. The fourth-order valence-corrected chi connectivity index (χ4v) is 1.05. The SMILES string of the molecule is CC(C)/C=C/CNC(=O)COCCC(C)C. The molecule has 0 aromatic heterocycles. The van der Waals surface area contributed by atoms with Crippen molar-refractivity contribution in [1.82, 2.24) is 5.32 Å². The molecule has 0 bridgehead atoms. The van der Waals surface area contributed by atoms with E-state index in [1.54, 1.807) is 0 Å². The number of hydrogen-bond acceptors (Lipinski definition) is 2. The molecule has 0 atom stereocenters. The first-order chi connectivity index (χ1) is 7.52. The summed E-state index contributed by atoms with van der Waals surface area (Å²) in [5.74, 6) is 1.10. The largest absolute Gasteiger partial charge is 0.372 e. The van der Waals surface area contributed by atoms with Gasteiger partial charge in [-0.25, -0.2) is 0 Å². The summed E-state index contributed by atoms with van der Waals surface area (Å²) in [7, 11) is 0. The van der Waals surface area contributed by atoms with Gasteiger partial charge in [-0.15, -0.1) is 0 Å². The van der Waals surface area contributed by atoms with Gasteiger partial charge in [-0.05, 0) is 18.3 Å². The van der Waals surface area contributed by atoms with E-state index in [9.17, 15) is 4.79 Å². The Hall–Kier alpha value is -0.830. The highest BCUT2D eigenvalue weighted by atomic mass is 16.5. The summed E-state index contributed by atoms with van der Waals surface area (Å²) in [4.78, 5) is 11.3. The summed E-state index contributed by atoms with van der Waals surface area (Å²) in [6.45, 7) is 9.90. The van der Waals surface area contributed by atoms with Crippen LogP contribution in [0.3, 0.4) is 0 Å². The number of nitrogens with one attached hydrogen (secondary N) is 1. The zero-order chi connectivity index (χ0) is 12.4. The van der Waals surface area contributed by atoms with Gasteiger partial charge in [0.2, 0.25) is 5.91 Å². The van der Waals surface area contributed by atoms with Crippen LogP contribution >= 0.6 is 0 Å². The van der Waals surface area contributed by atoms with Crippen LogP contribution in [0, 0.1) is 11.8 Å². The van der Waals surface area contributed by atoms with Gasteiger partial charge in [0.15, 0.2) is 0 Å². The van der Waals surface area contributed by atoms with Gasteiger partial charge in [-0.3, -0.25) is 4.79 Å². The van der Waals surface area contributed by atoms with Gasteiger partial charge in [0.05, 0.1) is 0 Å². The molecule has 3 heteroatoms. The number of allylic oxidation sites excluding steroid dienone is 1. The van der Waals surface area contributed by atoms with Crippen molar-refractivity contribution >= 4 is 5.91 Å². The minimum atomic E-state index is -0.0443. The van der Waals surface area contributed by atoms with E-state index in [-0.39, 0.29) is 12.5 Å². The molecule has 0 aliphatic rings. The van der Waals surface area contributed by atoms with Crippen LogP contribution in [-0.2, 0) is 9.53 Å². The Bertz CT molecular complexity index is 210. The summed E-state index contributed by atoms with van der Waals surface area (Å²) < 4.78 is 5.25. The molecule has 0 saturated carbocycles. The summed E-state index contributed by atoms with van der Waals surface area (Å²) in [6, 6.07) is 0. The summed E-state index contributed by atoms with van der Waals surface area (Å²) in [5.41, 5.74) is 0. The van der Waals surface area contributed by atoms with Crippen LogP contribution in [0.5, 0.6) is 0 Å². The smallest absolute Gasteiger partial charge is 0.246 e. The Balaban J connectivity index is 3.38. The van der Waals surface area contributed by atoms with E-state index in [4.69, 9.17) is 4.74 Å². The Labute approximate surface area is 99.3 Å². The topological polar surface area (TPSA) is 38.3 Å². The second-order valence-electron chi connectivity index (χ2n) is 4.71. The average Bonchev–Trinajstić information content (AvgIpc) is 2.19. The van der Waals surface area contributed by atoms with E-state index in [1.165, 1.54) is 0 Å². The van der Waals surface area contributed by atoms with Gasteiger partial charge in [-0.1, -0.05) is 39.8 Å². The second-order valence-corrected chi connectivity index (χ2v) is 4.71. The van der Waals surface area contributed by atoms with E-state index in [2.05, 4.69) is 39.1 Å². The molecule has 0 aliphatic carbocycles. The van der Waals surface area contributed by atoms with Crippen LogP contribution in [-0.4, -0.2) is 25.7 Å². The molecule has 1 N–H and O–H groups in total. The third-order valence-electron chi connectivity index (χ3n) is 2.01. The van der Waals surface area contributed by atoms with Crippen LogP contribution < -0.4 is 5.32 Å². The first kappa shape index (κ1) is 15.2. The molecule has 0 radical (unpaired) electrons. The quantitative estimate of drug-likeness (QED) is 0.511. The Kier molecular flexibility index (Phi) is 8.91. The molecule has 0 rings (SSSR count). The Morgan fingerprint density at radius 1 is 1.31 bits per heavy atom. The summed E-state index contributed by atoms with van der Waals surface area (Å²) in [6.07, 6.45) is 5.04. The molecule has 0 aromatic rings. The minimum Gasteiger partial charge on any atom is -0.372 e. The molecule has 16 heavy (non-hydrogen) atoms. The third-order valence-corrected chi connectivity index (χ3v) is 2.01. The van der Waals surface area contributed by atoms with Crippen LogP contribution in [0.2, 0.25) is 0 Å². The third kappa shape index (κ3) is 11.2. The maximum absolute atomic E-state index is 11.3. The molecular formula is C13H25NO2. The number of hydrogen-bond donors (Lipinski definition) is 1. The maximum Gasteiger partial charge on any atom is 0.246 e. The normalized spacial score (nSPS) is 11.6.